The van der Waals surface area contributed by atoms with Gasteiger partial charge in [-0.2, -0.15) is 4.31 Å². The van der Waals surface area contributed by atoms with Crippen LogP contribution in [0, 0.1) is 6.92 Å². The number of nitrogens with one attached hydrogen (secondary N) is 1. The van der Waals surface area contributed by atoms with Gasteiger partial charge in [-0.3, -0.25) is 9.59 Å². The van der Waals surface area contributed by atoms with Crippen LogP contribution in [0.15, 0.2) is 47.4 Å². The molecule has 8 heteroatoms. The number of aromatic amines is 1. The van der Waals surface area contributed by atoms with Gasteiger partial charge >= 0.3 is 0 Å². The van der Waals surface area contributed by atoms with E-state index in [0.717, 1.165) is 42.1 Å². The van der Waals surface area contributed by atoms with Gasteiger partial charge in [-0.05, 0) is 61.9 Å². The summed E-state index contributed by atoms with van der Waals surface area (Å²) in [6.45, 7) is 2.51. The Morgan fingerprint density at radius 3 is 2.36 bits per heavy atom. The summed E-state index contributed by atoms with van der Waals surface area (Å²) in [5.74, 6) is -1.15. The Balaban J connectivity index is 1.30. The standard InChI is InChI=1S/C25H27N3O4S/c1-17-23(21-8-4-5-9-22(21)26-17)24(29)25(30)27-12-14-28(15-13-27)33(31,32)20-11-10-18-6-2-3-7-19(18)16-20/h4-5,8-11,16,26H,2-3,6-7,12-15H2,1H3. The molecule has 2 aliphatic rings. The molecule has 1 amide bonds. The van der Waals surface area contributed by atoms with Crippen LogP contribution < -0.4 is 0 Å². The molecular weight excluding hydrogens is 438 g/mol. The lowest BCUT2D eigenvalue weighted by Crippen LogP contribution is -2.52. The van der Waals surface area contributed by atoms with Crippen LogP contribution in [0.4, 0.5) is 0 Å². The lowest BCUT2D eigenvalue weighted by Gasteiger charge is -2.33. The number of H-pyrrole nitrogens is 1. The molecule has 0 bridgehead atoms. The molecule has 5 rings (SSSR count). The molecule has 3 aromatic rings. The molecule has 172 valence electrons. The van der Waals surface area contributed by atoms with Crippen molar-refractivity contribution >= 4 is 32.6 Å². The third kappa shape index (κ3) is 3.87. The first-order valence-electron chi connectivity index (χ1n) is 11.4. The number of fused-ring (bicyclic) bond motifs is 2. The number of benzene rings is 2. The molecule has 1 aliphatic heterocycles. The predicted molar refractivity (Wildman–Crippen MR) is 126 cm³/mol. The second-order valence-corrected chi connectivity index (χ2v) is 10.8. The van der Waals surface area contributed by atoms with Gasteiger partial charge in [-0.25, -0.2) is 8.42 Å². The molecular formula is C25H27N3O4S. The largest absolute Gasteiger partial charge is 0.358 e. The minimum Gasteiger partial charge on any atom is -0.358 e. The van der Waals surface area contributed by atoms with Crippen molar-refractivity contribution < 1.29 is 18.0 Å². The fourth-order valence-corrected chi connectivity index (χ4v) is 6.44. The average Bonchev–Trinajstić information content (AvgIpc) is 3.18. The first kappa shape index (κ1) is 21.9. The molecule has 0 atom stereocenters. The summed E-state index contributed by atoms with van der Waals surface area (Å²) < 4.78 is 27.8. The van der Waals surface area contributed by atoms with Crippen molar-refractivity contribution in [3.8, 4) is 0 Å². The summed E-state index contributed by atoms with van der Waals surface area (Å²) in [6.07, 6.45) is 4.14. The highest BCUT2D eigenvalue weighted by molar-refractivity contribution is 7.89. The molecule has 1 aromatic heterocycles. The van der Waals surface area contributed by atoms with E-state index in [-0.39, 0.29) is 26.2 Å². The van der Waals surface area contributed by atoms with Gasteiger partial charge in [-0.15, -0.1) is 0 Å². The number of aromatic nitrogens is 1. The Hall–Kier alpha value is -2.97. The topological polar surface area (TPSA) is 90.6 Å². The van der Waals surface area contributed by atoms with Crippen LogP contribution in [0.1, 0.15) is 40.0 Å². The molecule has 1 fully saturated rings. The number of amides is 1. The summed E-state index contributed by atoms with van der Waals surface area (Å²) >= 11 is 0. The smallest absolute Gasteiger partial charge is 0.295 e. The molecule has 1 N–H and O–H groups in total. The highest BCUT2D eigenvalue weighted by Gasteiger charge is 2.34. The summed E-state index contributed by atoms with van der Waals surface area (Å²) in [7, 11) is -3.64. The number of sulfonamides is 1. The zero-order valence-corrected chi connectivity index (χ0v) is 19.5. The van der Waals surface area contributed by atoms with E-state index in [9.17, 15) is 18.0 Å². The van der Waals surface area contributed by atoms with Gasteiger partial charge in [0.15, 0.2) is 0 Å². The summed E-state index contributed by atoms with van der Waals surface area (Å²) in [5, 5.41) is 0.724. The molecule has 33 heavy (non-hydrogen) atoms. The maximum Gasteiger partial charge on any atom is 0.295 e. The minimum absolute atomic E-state index is 0.172. The SMILES string of the molecule is Cc1[nH]c2ccccc2c1C(=O)C(=O)N1CCN(S(=O)(=O)c2ccc3c(c2)CCCC3)CC1. The highest BCUT2D eigenvalue weighted by atomic mass is 32.2. The quantitative estimate of drug-likeness (QED) is 0.474. The van der Waals surface area contributed by atoms with Crippen molar-refractivity contribution in [2.24, 2.45) is 0 Å². The zero-order valence-electron chi connectivity index (χ0n) is 18.6. The van der Waals surface area contributed by atoms with E-state index >= 15 is 0 Å². The first-order valence-corrected chi connectivity index (χ1v) is 12.8. The fourth-order valence-electron chi connectivity index (χ4n) is 4.97. The maximum absolute atomic E-state index is 13.2. The Kier molecular flexibility index (Phi) is 5.58. The lowest BCUT2D eigenvalue weighted by atomic mass is 9.92. The van der Waals surface area contributed by atoms with Crippen molar-refractivity contribution in [2.45, 2.75) is 37.5 Å². The number of Topliss-reactive ketones (excluding diaryl/α,β-unsaturated/α-hetero) is 1. The van der Waals surface area contributed by atoms with E-state index < -0.39 is 21.7 Å². The van der Waals surface area contributed by atoms with Gasteiger partial charge in [0, 0.05) is 42.8 Å². The normalized spacial score (nSPS) is 17.2. The van der Waals surface area contributed by atoms with Crippen LogP contribution in [0.25, 0.3) is 10.9 Å². The third-order valence-electron chi connectivity index (χ3n) is 6.80. The molecule has 2 aromatic carbocycles. The fraction of sp³-hybridized carbons (Fsp3) is 0.360. The summed E-state index contributed by atoms with van der Waals surface area (Å²) in [6, 6.07) is 12.8. The first-order chi connectivity index (χ1) is 15.9. The van der Waals surface area contributed by atoms with Crippen LogP contribution in [0.5, 0.6) is 0 Å². The van der Waals surface area contributed by atoms with Gasteiger partial charge in [-0.1, -0.05) is 24.3 Å². The van der Waals surface area contributed by atoms with Crippen molar-refractivity contribution in [1.29, 1.82) is 0 Å². The molecule has 1 aliphatic carbocycles. The number of piperazine rings is 1. The number of para-hydroxylation sites is 1. The van der Waals surface area contributed by atoms with Crippen LogP contribution in [-0.2, 0) is 27.7 Å². The number of hydrogen-bond donors (Lipinski definition) is 1. The van der Waals surface area contributed by atoms with Crippen molar-refractivity contribution in [3.05, 3.63) is 64.8 Å². The molecule has 1 saturated heterocycles. The molecule has 7 nitrogen and oxygen atoms in total. The van der Waals surface area contributed by atoms with E-state index in [1.807, 2.05) is 36.4 Å². The van der Waals surface area contributed by atoms with Crippen LogP contribution >= 0.6 is 0 Å². The summed E-state index contributed by atoms with van der Waals surface area (Å²) in [4.78, 5) is 30.9. The number of nitrogens with zero attached hydrogens (tertiary/aromatic N) is 2. The van der Waals surface area contributed by atoms with Crippen molar-refractivity contribution in [3.63, 3.8) is 0 Å². The highest BCUT2D eigenvalue weighted by Crippen LogP contribution is 2.27. The van der Waals surface area contributed by atoms with Crippen LogP contribution in [0.2, 0.25) is 0 Å². The maximum atomic E-state index is 13.2. The number of carbonyl (C=O) groups is 2. The van der Waals surface area contributed by atoms with E-state index in [4.69, 9.17) is 0 Å². The second-order valence-electron chi connectivity index (χ2n) is 8.83. The van der Waals surface area contributed by atoms with Gasteiger partial charge in [0.1, 0.15) is 0 Å². The Morgan fingerprint density at radius 1 is 0.909 bits per heavy atom. The third-order valence-corrected chi connectivity index (χ3v) is 8.69. The van der Waals surface area contributed by atoms with Crippen molar-refractivity contribution in [2.75, 3.05) is 26.2 Å². The zero-order chi connectivity index (χ0) is 23.2. The predicted octanol–water partition coefficient (Wildman–Crippen LogP) is 3.07. The van der Waals surface area contributed by atoms with Gasteiger partial charge in [0.25, 0.3) is 11.7 Å². The number of hydrogen-bond acceptors (Lipinski definition) is 4. The van der Waals surface area contributed by atoms with E-state index in [1.165, 1.54) is 14.8 Å². The van der Waals surface area contributed by atoms with E-state index in [2.05, 4.69) is 4.98 Å². The number of rotatable bonds is 4. The Morgan fingerprint density at radius 2 is 1.61 bits per heavy atom. The van der Waals surface area contributed by atoms with E-state index in [0.29, 0.717) is 16.2 Å². The molecule has 0 unspecified atom stereocenters. The monoisotopic (exact) mass is 465 g/mol. The Labute approximate surface area is 193 Å². The molecule has 0 radical (unpaired) electrons. The molecule has 0 spiro atoms. The number of aryl methyl sites for hydroxylation is 3. The minimum atomic E-state index is -3.64. The van der Waals surface area contributed by atoms with Gasteiger partial charge < -0.3 is 9.88 Å². The lowest BCUT2D eigenvalue weighted by molar-refractivity contribution is -0.127. The number of ketones is 1. The Bertz CT molecular complexity index is 1350. The molecule has 0 saturated carbocycles. The number of carbonyl (C=O) groups excluding carboxylic acids is 2. The average molecular weight is 466 g/mol. The second kappa shape index (κ2) is 8.43. The van der Waals surface area contributed by atoms with Crippen LogP contribution in [0.3, 0.4) is 0 Å². The molecule has 2 heterocycles. The summed E-state index contributed by atoms with van der Waals surface area (Å²) in [5.41, 5.74) is 4.22. The van der Waals surface area contributed by atoms with E-state index in [1.54, 1.807) is 13.0 Å². The van der Waals surface area contributed by atoms with Crippen LogP contribution in [-0.4, -0.2) is 60.5 Å². The van der Waals surface area contributed by atoms with Gasteiger partial charge in [0.2, 0.25) is 10.0 Å². The van der Waals surface area contributed by atoms with Crippen molar-refractivity contribution in [1.82, 2.24) is 14.2 Å². The van der Waals surface area contributed by atoms with Gasteiger partial charge in [0.05, 0.1) is 10.5 Å².